The molecule has 0 N–H and O–H groups in total. The zero-order valence-corrected chi connectivity index (χ0v) is 11.0. The highest BCUT2D eigenvalue weighted by Crippen LogP contribution is 2.33. The van der Waals surface area contributed by atoms with Gasteiger partial charge >= 0.3 is 5.97 Å². The van der Waals surface area contributed by atoms with Gasteiger partial charge in [0, 0.05) is 3.57 Å². The second-order valence-electron chi connectivity index (χ2n) is 2.14. The van der Waals surface area contributed by atoms with Crippen molar-refractivity contribution in [2.45, 2.75) is 6.92 Å². The van der Waals surface area contributed by atoms with Gasteiger partial charge < -0.3 is 4.74 Å². The lowest BCUT2D eigenvalue weighted by atomic mass is 10.3. The summed E-state index contributed by atoms with van der Waals surface area (Å²) < 4.78 is 6.59. The highest BCUT2D eigenvalue weighted by atomic mass is 127. The third-order valence-corrected chi connectivity index (χ3v) is 5.24. The number of carbonyl (C=O) groups is 1. The van der Waals surface area contributed by atoms with Gasteiger partial charge in [0.1, 0.15) is 4.88 Å². The standard InChI is InChI=1S/C7H6BrIO2S/c1-3-4(9)5(7(10)11-2)12-6(3)8/h1-2H3. The minimum atomic E-state index is -0.266. The Morgan fingerprint density at radius 3 is 2.58 bits per heavy atom. The Balaban J connectivity index is 3.17. The van der Waals surface area contributed by atoms with Gasteiger partial charge in [-0.05, 0) is 51.0 Å². The van der Waals surface area contributed by atoms with Gasteiger partial charge in [-0.2, -0.15) is 0 Å². The molecule has 12 heavy (non-hydrogen) atoms. The fourth-order valence-corrected chi connectivity index (χ4v) is 3.59. The van der Waals surface area contributed by atoms with E-state index in [-0.39, 0.29) is 5.97 Å². The van der Waals surface area contributed by atoms with Gasteiger partial charge in [-0.1, -0.05) is 0 Å². The summed E-state index contributed by atoms with van der Waals surface area (Å²) in [6.45, 7) is 1.97. The summed E-state index contributed by atoms with van der Waals surface area (Å²) in [5.41, 5.74) is 1.10. The maximum atomic E-state index is 11.2. The predicted molar refractivity (Wildman–Crippen MR) is 60.8 cm³/mol. The van der Waals surface area contributed by atoms with E-state index >= 15 is 0 Å². The Bertz CT molecular complexity index is 321. The zero-order chi connectivity index (χ0) is 9.30. The minimum Gasteiger partial charge on any atom is -0.465 e. The molecule has 1 aromatic heterocycles. The van der Waals surface area contributed by atoms with E-state index < -0.39 is 0 Å². The molecule has 0 unspecified atom stereocenters. The summed E-state index contributed by atoms with van der Waals surface area (Å²) in [5, 5.41) is 0. The van der Waals surface area contributed by atoms with Crippen LogP contribution in [0.3, 0.4) is 0 Å². The van der Waals surface area contributed by atoms with Crippen LogP contribution in [-0.4, -0.2) is 13.1 Å². The molecule has 0 atom stereocenters. The third kappa shape index (κ3) is 1.82. The fourth-order valence-electron chi connectivity index (χ4n) is 0.692. The number of hydrogen-bond donors (Lipinski definition) is 0. The average molecular weight is 361 g/mol. The second kappa shape index (κ2) is 4.06. The number of methoxy groups -OCH3 is 1. The molecule has 0 radical (unpaired) electrons. The van der Waals surface area contributed by atoms with Crippen molar-refractivity contribution in [3.05, 3.63) is 17.8 Å². The van der Waals surface area contributed by atoms with E-state index in [9.17, 15) is 4.79 Å². The summed E-state index contributed by atoms with van der Waals surface area (Å²) in [6, 6.07) is 0. The number of hydrogen-bond acceptors (Lipinski definition) is 3. The average Bonchev–Trinajstić information content (AvgIpc) is 2.32. The number of ether oxygens (including phenoxy) is 1. The molecule has 0 saturated heterocycles. The first-order valence-corrected chi connectivity index (χ1v) is 5.79. The molecule has 0 aliphatic heterocycles. The summed E-state index contributed by atoms with van der Waals surface area (Å²) >= 11 is 6.92. The SMILES string of the molecule is COC(=O)c1sc(Br)c(C)c1I. The van der Waals surface area contributed by atoms with Crippen molar-refractivity contribution >= 4 is 55.8 Å². The molecule has 1 aromatic rings. The van der Waals surface area contributed by atoms with Crippen LogP contribution in [0.2, 0.25) is 0 Å². The lowest BCUT2D eigenvalue weighted by molar-refractivity contribution is 0.0605. The van der Waals surface area contributed by atoms with Gasteiger partial charge in [-0.3, -0.25) is 0 Å². The maximum absolute atomic E-state index is 11.2. The van der Waals surface area contributed by atoms with E-state index in [0.29, 0.717) is 4.88 Å². The van der Waals surface area contributed by atoms with Crippen molar-refractivity contribution in [1.82, 2.24) is 0 Å². The maximum Gasteiger partial charge on any atom is 0.349 e. The van der Waals surface area contributed by atoms with Crippen molar-refractivity contribution in [3.63, 3.8) is 0 Å². The van der Waals surface area contributed by atoms with E-state index in [0.717, 1.165) is 12.9 Å². The van der Waals surface area contributed by atoms with E-state index in [1.807, 2.05) is 6.92 Å². The Kier molecular flexibility index (Phi) is 3.54. The van der Waals surface area contributed by atoms with Crippen LogP contribution in [0.25, 0.3) is 0 Å². The van der Waals surface area contributed by atoms with Crippen LogP contribution in [0.5, 0.6) is 0 Å². The number of rotatable bonds is 1. The van der Waals surface area contributed by atoms with E-state index in [1.54, 1.807) is 0 Å². The van der Waals surface area contributed by atoms with Crippen molar-refractivity contribution < 1.29 is 9.53 Å². The van der Waals surface area contributed by atoms with Crippen LogP contribution in [0.4, 0.5) is 0 Å². The van der Waals surface area contributed by atoms with Crippen LogP contribution in [0, 0.1) is 10.5 Å². The molecule has 0 spiro atoms. The molecule has 0 fully saturated rings. The molecule has 0 bridgehead atoms. The molecule has 0 aliphatic rings. The Morgan fingerprint density at radius 1 is 1.67 bits per heavy atom. The van der Waals surface area contributed by atoms with Crippen molar-refractivity contribution in [1.29, 1.82) is 0 Å². The van der Waals surface area contributed by atoms with E-state index in [4.69, 9.17) is 0 Å². The predicted octanol–water partition coefficient (Wildman–Crippen LogP) is 3.21. The van der Waals surface area contributed by atoms with Gasteiger partial charge in [-0.25, -0.2) is 4.79 Å². The van der Waals surface area contributed by atoms with Gasteiger partial charge in [0.25, 0.3) is 0 Å². The van der Waals surface area contributed by atoms with Crippen LogP contribution in [0.15, 0.2) is 3.79 Å². The van der Waals surface area contributed by atoms with Crippen molar-refractivity contribution in [2.75, 3.05) is 7.11 Å². The highest BCUT2D eigenvalue weighted by Gasteiger charge is 2.17. The second-order valence-corrected chi connectivity index (χ2v) is 5.55. The Labute approximate surface area is 96.6 Å². The fraction of sp³-hybridized carbons (Fsp3) is 0.286. The Morgan fingerprint density at radius 2 is 2.25 bits per heavy atom. The summed E-state index contributed by atoms with van der Waals surface area (Å²) in [4.78, 5) is 11.8. The molecule has 0 amide bonds. The van der Waals surface area contributed by atoms with Gasteiger partial charge in [0.15, 0.2) is 0 Å². The number of halogens is 2. The van der Waals surface area contributed by atoms with Gasteiger partial charge in [0.05, 0.1) is 10.9 Å². The highest BCUT2D eigenvalue weighted by molar-refractivity contribution is 14.1. The molecular formula is C7H6BrIO2S. The van der Waals surface area contributed by atoms with E-state index in [1.165, 1.54) is 18.4 Å². The number of esters is 1. The van der Waals surface area contributed by atoms with E-state index in [2.05, 4.69) is 43.3 Å². The lowest BCUT2D eigenvalue weighted by Gasteiger charge is -1.94. The first-order chi connectivity index (χ1) is 5.57. The van der Waals surface area contributed by atoms with Gasteiger partial charge in [-0.15, -0.1) is 11.3 Å². The summed E-state index contributed by atoms with van der Waals surface area (Å²) in [7, 11) is 1.39. The summed E-state index contributed by atoms with van der Waals surface area (Å²) in [5.74, 6) is -0.266. The molecule has 66 valence electrons. The molecule has 2 nitrogen and oxygen atoms in total. The van der Waals surface area contributed by atoms with Crippen LogP contribution >= 0.6 is 49.9 Å². The molecule has 0 saturated carbocycles. The first kappa shape index (κ1) is 10.5. The largest absolute Gasteiger partial charge is 0.465 e. The van der Waals surface area contributed by atoms with Crippen molar-refractivity contribution in [3.8, 4) is 0 Å². The topological polar surface area (TPSA) is 26.3 Å². The zero-order valence-electron chi connectivity index (χ0n) is 6.48. The third-order valence-electron chi connectivity index (χ3n) is 1.39. The monoisotopic (exact) mass is 360 g/mol. The van der Waals surface area contributed by atoms with Crippen molar-refractivity contribution in [2.24, 2.45) is 0 Å². The van der Waals surface area contributed by atoms with Crippen LogP contribution < -0.4 is 0 Å². The molecule has 1 heterocycles. The Hall–Kier alpha value is 0.380. The minimum absolute atomic E-state index is 0.266. The molecule has 0 aromatic carbocycles. The quantitative estimate of drug-likeness (QED) is 0.567. The molecule has 0 aliphatic carbocycles. The molecular weight excluding hydrogens is 355 g/mol. The molecule has 5 heteroatoms. The summed E-state index contributed by atoms with van der Waals surface area (Å²) in [6.07, 6.45) is 0. The molecule has 1 rings (SSSR count). The lowest BCUT2D eigenvalue weighted by Crippen LogP contribution is -1.99. The number of carbonyl (C=O) groups excluding carboxylic acids is 1. The first-order valence-electron chi connectivity index (χ1n) is 3.10. The smallest absolute Gasteiger partial charge is 0.349 e. The van der Waals surface area contributed by atoms with Crippen LogP contribution in [0.1, 0.15) is 15.2 Å². The normalized spacial score (nSPS) is 10.0. The van der Waals surface area contributed by atoms with Crippen LogP contribution in [-0.2, 0) is 4.74 Å². The number of thiophene rings is 1. The van der Waals surface area contributed by atoms with Gasteiger partial charge in [0.2, 0.25) is 0 Å².